The molecule has 0 aliphatic rings. The molecule has 1 atom stereocenters. The highest BCUT2D eigenvalue weighted by molar-refractivity contribution is 7.99. The minimum atomic E-state index is -0.00392. The molecule has 0 saturated carbocycles. The number of hydrogen-bond acceptors (Lipinski definition) is 7. The molecule has 3 rings (SSSR count). The van der Waals surface area contributed by atoms with Crippen LogP contribution in [0.3, 0.4) is 0 Å². The average molecular weight is 333 g/mol. The Hall–Kier alpha value is -2.09. The molecule has 7 nitrogen and oxygen atoms in total. The molecular formula is C15H19N5O2S. The summed E-state index contributed by atoms with van der Waals surface area (Å²) in [5.74, 6) is 3.13. The Bertz CT molecular complexity index is 763. The first kappa shape index (κ1) is 15.8. The first-order valence-corrected chi connectivity index (χ1v) is 8.36. The monoisotopic (exact) mass is 333 g/mol. The van der Waals surface area contributed by atoms with Gasteiger partial charge >= 0.3 is 0 Å². The summed E-state index contributed by atoms with van der Waals surface area (Å²) in [7, 11) is 0. The number of aryl methyl sites for hydroxylation is 1. The summed E-state index contributed by atoms with van der Waals surface area (Å²) < 4.78 is 12.8. The van der Waals surface area contributed by atoms with E-state index in [1.807, 2.05) is 19.1 Å². The molecule has 0 aliphatic heterocycles. The predicted octanol–water partition coefficient (Wildman–Crippen LogP) is 3.74. The minimum Gasteiger partial charge on any atom is -0.461 e. The average Bonchev–Trinajstić information content (AvgIpc) is 3.20. The second-order valence-corrected chi connectivity index (χ2v) is 7.04. The topological polar surface area (TPSA) is 82.8 Å². The normalized spacial score (nSPS) is 12.9. The molecule has 3 aromatic heterocycles. The largest absolute Gasteiger partial charge is 0.461 e. The van der Waals surface area contributed by atoms with Crippen LogP contribution < -0.4 is 0 Å². The molecule has 3 aromatic rings. The zero-order chi connectivity index (χ0) is 16.4. The lowest BCUT2D eigenvalue weighted by Gasteiger charge is -2.12. The van der Waals surface area contributed by atoms with Crippen molar-refractivity contribution < 1.29 is 8.94 Å². The fourth-order valence-corrected chi connectivity index (χ4v) is 3.07. The van der Waals surface area contributed by atoms with Crippen molar-refractivity contribution in [2.45, 2.75) is 44.6 Å². The van der Waals surface area contributed by atoms with Crippen LogP contribution in [0.4, 0.5) is 0 Å². The van der Waals surface area contributed by atoms with Gasteiger partial charge < -0.3 is 8.94 Å². The highest BCUT2D eigenvalue weighted by Crippen LogP contribution is 2.35. The van der Waals surface area contributed by atoms with E-state index in [1.54, 1.807) is 24.9 Å². The van der Waals surface area contributed by atoms with Crippen LogP contribution in [-0.2, 0) is 6.54 Å². The zero-order valence-corrected chi connectivity index (χ0v) is 14.4. The molecule has 3 heterocycles. The van der Waals surface area contributed by atoms with E-state index in [2.05, 4.69) is 38.8 Å². The van der Waals surface area contributed by atoms with Gasteiger partial charge in [-0.05, 0) is 31.9 Å². The molecule has 0 bridgehead atoms. The lowest BCUT2D eigenvalue weighted by molar-refractivity contribution is 0.376. The van der Waals surface area contributed by atoms with Crippen LogP contribution in [-0.4, -0.2) is 24.9 Å². The van der Waals surface area contributed by atoms with Crippen LogP contribution in [0.15, 0.2) is 32.5 Å². The van der Waals surface area contributed by atoms with E-state index >= 15 is 0 Å². The third-order valence-corrected chi connectivity index (χ3v) is 4.25. The van der Waals surface area contributed by atoms with Crippen molar-refractivity contribution >= 4 is 11.8 Å². The van der Waals surface area contributed by atoms with E-state index in [-0.39, 0.29) is 5.25 Å². The summed E-state index contributed by atoms with van der Waals surface area (Å²) in [6.07, 6.45) is 1.64. The number of furan rings is 1. The second-order valence-electron chi connectivity index (χ2n) is 5.73. The summed E-state index contributed by atoms with van der Waals surface area (Å²) in [4.78, 5) is 4.28. The van der Waals surface area contributed by atoms with Gasteiger partial charge in [0, 0.05) is 6.54 Å². The fourth-order valence-electron chi connectivity index (χ4n) is 2.18. The maximum atomic E-state index is 5.47. The Morgan fingerprint density at radius 3 is 2.70 bits per heavy atom. The van der Waals surface area contributed by atoms with Gasteiger partial charge in [0.15, 0.2) is 22.6 Å². The van der Waals surface area contributed by atoms with Gasteiger partial charge in [-0.2, -0.15) is 4.98 Å². The maximum absolute atomic E-state index is 5.47. The molecule has 0 spiro atoms. The van der Waals surface area contributed by atoms with Crippen molar-refractivity contribution in [2.75, 3.05) is 0 Å². The van der Waals surface area contributed by atoms with Gasteiger partial charge in [0.1, 0.15) is 0 Å². The van der Waals surface area contributed by atoms with Gasteiger partial charge in [0.2, 0.25) is 5.89 Å². The van der Waals surface area contributed by atoms with Crippen LogP contribution in [0.2, 0.25) is 0 Å². The zero-order valence-electron chi connectivity index (χ0n) is 13.6. The molecular weight excluding hydrogens is 314 g/mol. The Labute approximate surface area is 138 Å². The molecule has 0 aliphatic carbocycles. The standard InChI is InChI=1S/C15H19N5O2S/c1-9(2)8-20-13(12-6-5-7-21-12)17-18-15(20)23-10(3)14-16-11(4)19-22-14/h5-7,9-10H,8H2,1-4H3. The Morgan fingerprint density at radius 1 is 1.26 bits per heavy atom. The first-order valence-electron chi connectivity index (χ1n) is 7.48. The van der Waals surface area contributed by atoms with Gasteiger partial charge in [0.25, 0.3) is 0 Å². The second kappa shape index (κ2) is 6.57. The van der Waals surface area contributed by atoms with E-state index in [0.29, 0.717) is 23.4 Å². The molecule has 122 valence electrons. The molecule has 0 aromatic carbocycles. The van der Waals surface area contributed by atoms with Gasteiger partial charge in [-0.15, -0.1) is 10.2 Å². The van der Waals surface area contributed by atoms with Crippen molar-refractivity contribution in [3.05, 3.63) is 30.1 Å². The Balaban J connectivity index is 1.89. The number of rotatable bonds is 6. The lowest BCUT2D eigenvalue weighted by atomic mass is 10.2. The summed E-state index contributed by atoms with van der Waals surface area (Å²) in [5, 5.41) is 13.3. The summed E-state index contributed by atoms with van der Waals surface area (Å²) in [6.45, 7) is 8.94. The third-order valence-electron chi connectivity index (χ3n) is 3.18. The fraction of sp³-hybridized carbons (Fsp3) is 0.467. The van der Waals surface area contributed by atoms with Crippen molar-refractivity contribution in [1.82, 2.24) is 24.9 Å². The molecule has 0 fully saturated rings. The molecule has 23 heavy (non-hydrogen) atoms. The van der Waals surface area contributed by atoms with Gasteiger partial charge in [-0.3, -0.25) is 4.57 Å². The van der Waals surface area contributed by atoms with Crippen molar-refractivity contribution in [2.24, 2.45) is 5.92 Å². The molecule has 0 radical (unpaired) electrons. The van der Waals surface area contributed by atoms with E-state index in [1.165, 1.54) is 0 Å². The van der Waals surface area contributed by atoms with E-state index in [4.69, 9.17) is 8.94 Å². The van der Waals surface area contributed by atoms with E-state index in [9.17, 15) is 0 Å². The summed E-state index contributed by atoms with van der Waals surface area (Å²) >= 11 is 1.55. The van der Waals surface area contributed by atoms with Crippen molar-refractivity contribution in [3.8, 4) is 11.6 Å². The van der Waals surface area contributed by atoms with Gasteiger partial charge in [-0.25, -0.2) is 0 Å². The predicted molar refractivity (Wildman–Crippen MR) is 85.9 cm³/mol. The van der Waals surface area contributed by atoms with E-state index in [0.717, 1.165) is 17.5 Å². The number of thioether (sulfide) groups is 1. The van der Waals surface area contributed by atoms with Crippen LogP contribution in [0.1, 0.15) is 37.7 Å². The quantitative estimate of drug-likeness (QED) is 0.635. The third kappa shape index (κ3) is 3.47. The van der Waals surface area contributed by atoms with Crippen molar-refractivity contribution in [3.63, 3.8) is 0 Å². The highest BCUT2D eigenvalue weighted by atomic mass is 32.2. The first-order chi connectivity index (χ1) is 11.0. The molecule has 0 N–H and O–H groups in total. The molecule has 1 unspecified atom stereocenters. The summed E-state index contributed by atoms with van der Waals surface area (Å²) in [6, 6.07) is 3.74. The van der Waals surface area contributed by atoms with Crippen LogP contribution in [0, 0.1) is 12.8 Å². The van der Waals surface area contributed by atoms with Gasteiger partial charge in [0.05, 0.1) is 11.5 Å². The SMILES string of the molecule is Cc1noc(C(C)Sc2nnc(-c3ccco3)n2CC(C)C)n1. The van der Waals surface area contributed by atoms with Crippen molar-refractivity contribution in [1.29, 1.82) is 0 Å². The molecule has 0 amide bonds. The summed E-state index contributed by atoms with van der Waals surface area (Å²) in [5.41, 5.74) is 0. The minimum absolute atomic E-state index is 0.00392. The number of hydrogen-bond donors (Lipinski definition) is 0. The van der Waals surface area contributed by atoms with Crippen LogP contribution >= 0.6 is 11.8 Å². The van der Waals surface area contributed by atoms with Gasteiger partial charge in [-0.1, -0.05) is 30.8 Å². The van der Waals surface area contributed by atoms with Crippen LogP contribution in [0.25, 0.3) is 11.6 Å². The Kier molecular flexibility index (Phi) is 4.51. The Morgan fingerprint density at radius 2 is 2.09 bits per heavy atom. The van der Waals surface area contributed by atoms with Crippen LogP contribution in [0.5, 0.6) is 0 Å². The lowest BCUT2D eigenvalue weighted by Crippen LogP contribution is -2.08. The van der Waals surface area contributed by atoms with E-state index < -0.39 is 0 Å². The number of aromatic nitrogens is 5. The molecule has 0 saturated heterocycles. The number of nitrogens with zero attached hydrogens (tertiary/aromatic N) is 5. The molecule has 8 heteroatoms. The smallest absolute Gasteiger partial charge is 0.239 e. The highest BCUT2D eigenvalue weighted by Gasteiger charge is 2.22. The maximum Gasteiger partial charge on any atom is 0.239 e.